The van der Waals surface area contributed by atoms with E-state index < -0.39 is 0 Å². The number of nitrogens with zero attached hydrogens (tertiary/aromatic N) is 2. The number of ether oxygens (including phenoxy) is 1. The molecule has 0 spiro atoms. The molecule has 2 aromatic carbocycles. The van der Waals surface area contributed by atoms with E-state index in [0.29, 0.717) is 13.2 Å². The summed E-state index contributed by atoms with van der Waals surface area (Å²) >= 11 is 0. The Morgan fingerprint density at radius 3 is 2.42 bits per heavy atom. The van der Waals surface area contributed by atoms with E-state index in [-0.39, 0.29) is 12.5 Å². The molecule has 0 bridgehead atoms. The van der Waals surface area contributed by atoms with Crippen molar-refractivity contribution in [3.63, 3.8) is 0 Å². The van der Waals surface area contributed by atoms with E-state index in [4.69, 9.17) is 4.74 Å². The normalized spacial score (nSPS) is 10.5. The lowest BCUT2D eigenvalue weighted by atomic mass is 10.2. The van der Waals surface area contributed by atoms with Gasteiger partial charge in [0.2, 0.25) is 5.91 Å². The molecule has 1 amide bonds. The molecule has 26 heavy (non-hydrogen) atoms. The standard InChI is InChI=1S/C21H23N3O2/c1-16-12-17(2)24(23-16)14-21(25)22-13-18-8-10-20(11-9-18)26-15-19-6-4-3-5-7-19/h3-12H,13-15H2,1-2H3,(H,22,25). The first kappa shape index (κ1) is 17.7. The molecule has 0 atom stereocenters. The predicted octanol–water partition coefficient (Wildman–Crippen LogP) is 3.40. The molecule has 1 aromatic heterocycles. The summed E-state index contributed by atoms with van der Waals surface area (Å²) in [6.07, 6.45) is 0. The van der Waals surface area contributed by atoms with Crippen LogP contribution in [-0.4, -0.2) is 15.7 Å². The third kappa shape index (κ3) is 4.96. The zero-order valence-corrected chi connectivity index (χ0v) is 15.1. The lowest BCUT2D eigenvalue weighted by Gasteiger charge is -2.09. The smallest absolute Gasteiger partial charge is 0.242 e. The molecule has 0 saturated carbocycles. The number of nitrogens with one attached hydrogen (secondary N) is 1. The van der Waals surface area contributed by atoms with Gasteiger partial charge in [-0.3, -0.25) is 9.48 Å². The van der Waals surface area contributed by atoms with Crippen molar-refractivity contribution in [2.24, 2.45) is 0 Å². The third-order valence-corrected chi connectivity index (χ3v) is 4.06. The van der Waals surface area contributed by atoms with E-state index >= 15 is 0 Å². The number of hydrogen-bond acceptors (Lipinski definition) is 3. The maximum atomic E-state index is 12.1. The summed E-state index contributed by atoms with van der Waals surface area (Å²) < 4.78 is 7.48. The third-order valence-electron chi connectivity index (χ3n) is 4.06. The average Bonchev–Trinajstić information content (AvgIpc) is 2.97. The minimum atomic E-state index is -0.0550. The zero-order chi connectivity index (χ0) is 18.4. The SMILES string of the molecule is Cc1cc(C)n(CC(=O)NCc2ccc(OCc3ccccc3)cc2)n1. The van der Waals surface area contributed by atoms with Crippen molar-refractivity contribution < 1.29 is 9.53 Å². The minimum Gasteiger partial charge on any atom is -0.489 e. The van der Waals surface area contributed by atoms with Gasteiger partial charge in [-0.25, -0.2) is 0 Å². The molecule has 1 N–H and O–H groups in total. The van der Waals surface area contributed by atoms with E-state index in [2.05, 4.69) is 10.4 Å². The van der Waals surface area contributed by atoms with Crippen molar-refractivity contribution in [3.05, 3.63) is 83.2 Å². The van der Waals surface area contributed by atoms with Crippen LogP contribution in [0.5, 0.6) is 5.75 Å². The number of carbonyl (C=O) groups excluding carboxylic acids is 1. The summed E-state index contributed by atoms with van der Waals surface area (Å²) in [4.78, 5) is 12.1. The quantitative estimate of drug-likeness (QED) is 0.711. The van der Waals surface area contributed by atoms with Crippen molar-refractivity contribution >= 4 is 5.91 Å². The molecule has 0 fully saturated rings. The van der Waals surface area contributed by atoms with Gasteiger partial charge in [0.1, 0.15) is 18.9 Å². The Bertz CT molecular complexity index is 855. The molecule has 5 heteroatoms. The van der Waals surface area contributed by atoms with E-state index in [1.807, 2.05) is 74.5 Å². The number of amides is 1. The molecule has 3 rings (SSSR count). The van der Waals surface area contributed by atoms with Crippen LogP contribution in [0.4, 0.5) is 0 Å². The Labute approximate surface area is 153 Å². The van der Waals surface area contributed by atoms with Crippen molar-refractivity contribution in [3.8, 4) is 5.75 Å². The van der Waals surface area contributed by atoms with Gasteiger partial charge in [0.15, 0.2) is 0 Å². The summed E-state index contributed by atoms with van der Waals surface area (Å²) in [5, 5.41) is 7.22. The van der Waals surface area contributed by atoms with Crippen LogP contribution >= 0.6 is 0 Å². The molecule has 5 nitrogen and oxygen atoms in total. The first-order chi connectivity index (χ1) is 12.6. The number of benzene rings is 2. The fourth-order valence-electron chi connectivity index (χ4n) is 2.67. The summed E-state index contributed by atoms with van der Waals surface area (Å²) in [6, 6.07) is 19.8. The number of aryl methyl sites for hydroxylation is 2. The van der Waals surface area contributed by atoms with Crippen LogP contribution in [0.2, 0.25) is 0 Å². The number of aromatic nitrogens is 2. The molecular formula is C21H23N3O2. The highest BCUT2D eigenvalue weighted by Crippen LogP contribution is 2.14. The summed E-state index contributed by atoms with van der Waals surface area (Å²) in [5.41, 5.74) is 4.06. The molecule has 1 heterocycles. The van der Waals surface area contributed by atoms with Gasteiger partial charge < -0.3 is 10.1 Å². The van der Waals surface area contributed by atoms with E-state index in [0.717, 1.165) is 28.3 Å². The van der Waals surface area contributed by atoms with E-state index in [1.165, 1.54) is 0 Å². The Hall–Kier alpha value is -3.08. The summed E-state index contributed by atoms with van der Waals surface area (Å²) in [7, 11) is 0. The Morgan fingerprint density at radius 1 is 1.04 bits per heavy atom. The van der Waals surface area contributed by atoms with E-state index in [9.17, 15) is 4.79 Å². The van der Waals surface area contributed by atoms with E-state index in [1.54, 1.807) is 4.68 Å². The second-order valence-corrected chi connectivity index (χ2v) is 6.28. The summed E-state index contributed by atoms with van der Waals surface area (Å²) in [5.74, 6) is 0.757. The molecule has 3 aromatic rings. The van der Waals surface area contributed by atoms with Crippen molar-refractivity contribution in [2.45, 2.75) is 33.5 Å². The molecule has 0 unspecified atom stereocenters. The lowest BCUT2D eigenvalue weighted by Crippen LogP contribution is -2.27. The molecule has 0 aliphatic heterocycles. The fraction of sp³-hybridized carbons (Fsp3) is 0.238. The maximum Gasteiger partial charge on any atom is 0.242 e. The molecular weight excluding hydrogens is 326 g/mol. The van der Waals surface area contributed by atoms with Crippen LogP contribution < -0.4 is 10.1 Å². The van der Waals surface area contributed by atoms with Gasteiger partial charge in [0.25, 0.3) is 0 Å². The monoisotopic (exact) mass is 349 g/mol. The second kappa shape index (κ2) is 8.34. The average molecular weight is 349 g/mol. The lowest BCUT2D eigenvalue weighted by molar-refractivity contribution is -0.122. The number of hydrogen-bond donors (Lipinski definition) is 1. The van der Waals surface area contributed by atoms with Crippen molar-refractivity contribution in [1.29, 1.82) is 0 Å². The van der Waals surface area contributed by atoms with Gasteiger partial charge >= 0.3 is 0 Å². The Morgan fingerprint density at radius 2 is 1.77 bits per heavy atom. The molecule has 0 aliphatic rings. The van der Waals surface area contributed by atoms with Crippen LogP contribution in [0.25, 0.3) is 0 Å². The molecule has 0 saturated heterocycles. The van der Waals surface area contributed by atoms with Crippen molar-refractivity contribution in [2.75, 3.05) is 0 Å². The van der Waals surface area contributed by atoms with Gasteiger partial charge in [-0.1, -0.05) is 42.5 Å². The van der Waals surface area contributed by atoms with Gasteiger partial charge in [0.05, 0.1) is 5.69 Å². The number of carbonyl (C=O) groups is 1. The van der Waals surface area contributed by atoms with Gasteiger partial charge in [-0.15, -0.1) is 0 Å². The Kier molecular flexibility index (Phi) is 5.69. The van der Waals surface area contributed by atoms with Crippen LogP contribution in [0.15, 0.2) is 60.7 Å². The van der Waals surface area contributed by atoms with Crippen LogP contribution in [0, 0.1) is 13.8 Å². The molecule has 0 radical (unpaired) electrons. The topological polar surface area (TPSA) is 56.2 Å². The molecule has 134 valence electrons. The maximum absolute atomic E-state index is 12.1. The molecule has 0 aliphatic carbocycles. The van der Waals surface area contributed by atoms with Gasteiger partial charge in [-0.05, 0) is 43.2 Å². The largest absolute Gasteiger partial charge is 0.489 e. The van der Waals surface area contributed by atoms with Gasteiger partial charge in [-0.2, -0.15) is 5.10 Å². The van der Waals surface area contributed by atoms with Crippen LogP contribution in [-0.2, 0) is 24.5 Å². The highest BCUT2D eigenvalue weighted by Gasteiger charge is 2.07. The Balaban J connectivity index is 1.46. The van der Waals surface area contributed by atoms with Crippen LogP contribution in [0.3, 0.4) is 0 Å². The fourth-order valence-corrected chi connectivity index (χ4v) is 2.67. The highest BCUT2D eigenvalue weighted by atomic mass is 16.5. The van der Waals surface area contributed by atoms with Crippen LogP contribution in [0.1, 0.15) is 22.5 Å². The minimum absolute atomic E-state index is 0.0550. The first-order valence-electron chi connectivity index (χ1n) is 8.63. The van der Waals surface area contributed by atoms with Crippen molar-refractivity contribution in [1.82, 2.24) is 15.1 Å². The number of rotatable bonds is 7. The second-order valence-electron chi connectivity index (χ2n) is 6.28. The van der Waals surface area contributed by atoms with Gasteiger partial charge in [0, 0.05) is 12.2 Å². The summed E-state index contributed by atoms with van der Waals surface area (Å²) in [6.45, 7) is 5.12. The zero-order valence-electron chi connectivity index (χ0n) is 15.1. The predicted molar refractivity (Wildman–Crippen MR) is 101 cm³/mol. The first-order valence-corrected chi connectivity index (χ1v) is 8.63. The highest BCUT2D eigenvalue weighted by molar-refractivity contribution is 5.75.